The standard InChI is InChI=1S/C21H25FN4O3S/c1-15(27)23-12-17-13-26(21(28)29-17)16-4-5-20(19(22)11-16)25-8-6-24(7-9-25)14-18-3-2-10-30-18/h2-5,10-11,17H,6-9,12-14H2,1H3,(H,23,27)/t17-/m0/s1. The van der Waals surface area contributed by atoms with Gasteiger partial charge in [-0.05, 0) is 29.6 Å². The first-order valence-corrected chi connectivity index (χ1v) is 10.9. The minimum absolute atomic E-state index is 0.185. The highest BCUT2D eigenvalue weighted by atomic mass is 32.1. The molecule has 1 aromatic heterocycles. The summed E-state index contributed by atoms with van der Waals surface area (Å²) in [7, 11) is 0. The van der Waals surface area contributed by atoms with Gasteiger partial charge in [-0.1, -0.05) is 6.07 Å². The molecule has 7 nitrogen and oxygen atoms in total. The second kappa shape index (κ2) is 9.01. The highest BCUT2D eigenvalue weighted by Gasteiger charge is 2.33. The van der Waals surface area contributed by atoms with Crippen molar-refractivity contribution in [1.29, 1.82) is 0 Å². The lowest BCUT2D eigenvalue weighted by Crippen LogP contribution is -2.46. The molecule has 0 saturated carbocycles. The Labute approximate surface area is 179 Å². The Morgan fingerprint density at radius 3 is 2.73 bits per heavy atom. The Hall–Kier alpha value is -2.65. The van der Waals surface area contributed by atoms with E-state index < -0.39 is 12.2 Å². The number of amides is 2. The highest BCUT2D eigenvalue weighted by Crippen LogP contribution is 2.28. The van der Waals surface area contributed by atoms with E-state index in [0.29, 0.717) is 11.4 Å². The summed E-state index contributed by atoms with van der Waals surface area (Å²) >= 11 is 1.76. The number of carbonyl (C=O) groups excluding carboxylic acids is 2. The van der Waals surface area contributed by atoms with E-state index in [1.807, 2.05) is 4.90 Å². The smallest absolute Gasteiger partial charge is 0.414 e. The molecule has 3 heterocycles. The van der Waals surface area contributed by atoms with Crippen LogP contribution in [0.3, 0.4) is 0 Å². The number of rotatable bonds is 6. The molecule has 4 rings (SSSR count). The van der Waals surface area contributed by atoms with Crippen molar-refractivity contribution < 1.29 is 18.7 Å². The Morgan fingerprint density at radius 1 is 1.27 bits per heavy atom. The Balaban J connectivity index is 1.35. The van der Waals surface area contributed by atoms with E-state index in [9.17, 15) is 14.0 Å². The van der Waals surface area contributed by atoms with Gasteiger partial charge in [0, 0.05) is 44.5 Å². The fourth-order valence-corrected chi connectivity index (χ4v) is 4.53. The summed E-state index contributed by atoms with van der Waals surface area (Å²) in [6, 6.07) is 9.06. The third-order valence-corrected chi connectivity index (χ3v) is 6.23. The van der Waals surface area contributed by atoms with Gasteiger partial charge >= 0.3 is 6.09 Å². The second-order valence-electron chi connectivity index (χ2n) is 7.53. The molecule has 0 aliphatic carbocycles. The van der Waals surface area contributed by atoms with Gasteiger partial charge in [-0.2, -0.15) is 0 Å². The first-order valence-electron chi connectivity index (χ1n) is 10.0. The van der Waals surface area contributed by atoms with Crippen LogP contribution in [-0.2, 0) is 16.1 Å². The molecule has 2 saturated heterocycles. The summed E-state index contributed by atoms with van der Waals surface area (Å²) in [6.45, 7) is 6.13. The van der Waals surface area contributed by atoms with E-state index in [1.165, 1.54) is 22.8 Å². The van der Waals surface area contributed by atoms with Gasteiger partial charge in [0.05, 0.1) is 24.5 Å². The van der Waals surface area contributed by atoms with E-state index in [2.05, 4.69) is 27.7 Å². The molecule has 0 unspecified atom stereocenters. The van der Waals surface area contributed by atoms with Crippen molar-refractivity contribution in [3.05, 3.63) is 46.4 Å². The van der Waals surface area contributed by atoms with Crippen LogP contribution in [0.1, 0.15) is 11.8 Å². The number of hydrogen-bond acceptors (Lipinski definition) is 6. The molecule has 1 aromatic carbocycles. The molecule has 9 heteroatoms. The van der Waals surface area contributed by atoms with Gasteiger partial charge in [-0.25, -0.2) is 9.18 Å². The predicted molar refractivity (Wildman–Crippen MR) is 115 cm³/mol. The van der Waals surface area contributed by atoms with Crippen molar-refractivity contribution >= 4 is 34.7 Å². The summed E-state index contributed by atoms with van der Waals surface area (Å²) in [6.07, 6.45) is -0.972. The highest BCUT2D eigenvalue weighted by molar-refractivity contribution is 7.09. The van der Waals surface area contributed by atoms with Gasteiger partial charge < -0.3 is 15.0 Å². The summed E-state index contributed by atoms with van der Waals surface area (Å²) in [5.41, 5.74) is 1.01. The normalized spacial score (nSPS) is 19.8. The molecular formula is C21H25FN4O3S. The van der Waals surface area contributed by atoms with Crippen molar-refractivity contribution in [3.8, 4) is 0 Å². The van der Waals surface area contributed by atoms with Crippen molar-refractivity contribution in [2.75, 3.05) is 49.1 Å². The SMILES string of the molecule is CC(=O)NC[C@H]1CN(c2ccc(N3CCN(Cc4cccs4)CC3)c(F)c2)C(=O)O1. The lowest BCUT2D eigenvalue weighted by molar-refractivity contribution is -0.119. The zero-order chi connectivity index (χ0) is 21.1. The number of hydrogen-bond donors (Lipinski definition) is 1. The molecule has 30 heavy (non-hydrogen) atoms. The molecule has 2 fully saturated rings. The molecule has 2 aromatic rings. The first-order chi connectivity index (χ1) is 14.5. The Bertz CT molecular complexity index is 900. The maximum atomic E-state index is 14.9. The molecule has 1 N–H and O–H groups in total. The van der Waals surface area contributed by atoms with Gasteiger partial charge in [-0.15, -0.1) is 11.3 Å². The minimum atomic E-state index is -0.528. The maximum absolute atomic E-state index is 14.9. The van der Waals surface area contributed by atoms with Gasteiger partial charge in [0.1, 0.15) is 11.9 Å². The van der Waals surface area contributed by atoms with Crippen LogP contribution in [0.4, 0.5) is 20.6 Å². The molecule has 0 bridgehead atoms. The van der Waals surface area contributed by atoms with Crippen LogP contribution in [-0.4, -0.2) is 62.3 Å². The van der Waals surface area contributed by atoms with Crippen LogP contribution in [0, 0.1) is 5.82 Å². The van der Waals surface area contributed by atoms with Crippen LogP contribution in [0.15, 0.2) is 35.7 Å². The number of nitrogens with one attached hydrogen (secondary N) is 1. The zero-order valence-electron chi connectivity index (χ0n) is 16.8. The van der Waals surface area contributed by atoms with Crippen molar-refractivity contribution in [2.24, 2.45) is 0 Å². The quantitative estimate of drug-likeness (QED) is 0.760. The molecule has 0 radical (unpaired) electrons. The minimum Gasteiger partial charge on any atom is -0.442 e. The molecule has 2 aliphatic rings. The van der Waals surface area contributed by atoms with Gasteiger partial charge in [-0.3, -0.25) is 14.6 Å². The summed E-state index contributed by atoms with van der Waals surface area (Å²) in [5.74, 6) is -0.535. The van der Waals surface area contributed by atoms with E-state index in [1.54, 1.807) is 23.5 Å². The lowest BCUT2D eigenvalue weighted by atomic mass is 10.2. The van der Waals surface area contributed by atoms with Crippen LogP contribution < -0.4 is 15.1 Å². The summed E-state index contributed by atoms with van der Waals surface area (Å²) in [4.78, 5) is 30.4. The van der Waals surface area contributed by atoms with Gasteiger partial charge in [0.2, 0.25) is 5.91 Å². The predicted octanol–water partition coefficient (Wildman–Crippen LogP) is 2.67. The average Bonchev–Trinajstić information content (AvgIpc) is 3.36. The van der Waals surface area contributed by atoms with Crippen molar-refractivity contribution in [2.45, 2.75) is 19.6 Å². The monoisotopic (exact) mass is 432 g/mol. The van der Waals surface area contributed by atoms with E-state index in [-0.39, 0.29) is 24.8 Å². The maximum Gasteiger partial charge on any atom is 0.414 e. The fourth-order valence-electron chi connectivity index (χ4n) is 3.79. The van der Waals surface area contributed by atoms with Crippen LogP contribution in [0.25, 0.3) is 0 Å². The third-order valence-electron chi connectivity index (χ3n) is 5.37. The number of carbonyl (C=O) groups is 2. The average molecular weight is 433 g/mol. The molecule has 2 amide bonds. The van der Waals surface area contributed by atoms with Crippen LogP contribution >= 0.6 is 11.3 Å². The number of anilines is 2. The number of thiophene rings is 1. The fraction of sp³-hybridized carbons (Fsp3) is 0.429. The van der Waals surface area contributed by atoms with Crippen LogP contribution in [0.2, 0.25) is 0 Å². The van der Waals surface area contributed by atoms with Crippen molar-refractivity contribution in [3.63, 3.8) is 0 Å². The molecule has 160 valence electrons. The number of halogens is 1. The second-order valence-corrected chi connectivity index (χ2v) is 8.56. The van der Waals surface area contributed by atoms with E-state index in [0.717, 1.165) is 32.7 Å². The largest absolute Gasteiger partial charge is 0.442 e. The number of cyclic esters (lactones) is 1. The molecule has 2 aliphatic heterocycles. The molecule has 0 spiro atoms. The topological polar surface area (TPSA) is 65.1 Å². The Kier molecular flexibility index (Phi) is 6.19. The number of ether oxygens (including phenoxy) is 1. The third kappa shape index (κ3) is 4.73. The number of benzene rings is 1. The number of piperazine rings is 1. The molecular weight excluding hydrogens is 407 g/mol. The number of nitrogens with zero attached hydrogens (tertiary/aromatic N) is 3. The molecule has 1 atom stereocenters. The zero-order valence-corrected chi connectivity index (χ0v) is 17.7. The summed E-state index contributed by atoms with van der Waals surface area (Å²) in [5, 5.41) is 4.72. The summed E-state index contributed by atoms with van der Waals surface area (Å²) < 4.78 is 20.1. The van der Waals surface area contributed by atoms with E-state index in [4.69, 9.17) is 4.74 Å². The van der Waals surface area contributed by atoms with E-state index >= 15 is 0 Å². The van der Waals surface area contributed by atoms with Crippen LogP contribution in [0.5, 0.6) is 0 Å². The first kappa shape index (κ1) is 20.6. The Morgan fingerprint density at radius 2 is 2.07 bits per heavy atom. The van der Waals surface area contributed by atoms with Crippen molar-refractivity contribution in [1.82, 2.24) is 10.2 Å². The van der Waals surface area contributed by atoms with Gasteiger partial charge in [0.15, 0.2) is 0 Å². The lowest BCUT2D eigenvalue weighted by Gasteiger charge is -2.36. The van der Waals surface area contributed by atoms with Gasteiger partial charge in [0.25, 0.3) is 0 Å².